The monoisotopic (exact) mass is 497 g/mol. The van der Waals surface area contributed by atoms with Gasteiger partial charge in [0.05, 0.1) is 17.3 Å². The number of carbonyl (C=O) groups excluding carboxylic acids is 3. The van der Waals surface area contributed by atoms with Crippen LogP contribution in [0.25, 0.3) is 11.3 Å². The van der Waals surface area contributed by atoms with Gasteiger partial charge in [-0.25, -0.2) is 0 Å². The molecule has 9 nitrogen and oxygen atoms in total. The van der Waals surface area contributed by atoms with Crippen LogP contribution in [0.4, 0.5) is 0 Å². The topological polar surface area (TPSA) is 116 Å². The van der Waals surface area contributed by atoms with Gasteiger partial charge in [0.25, 0.3) is 17.7 Å². The van der Waals surface area contributed by atoms with Crippen molar-refractivity contribution in [2.75, 3.05) is 20.1 Å². The molecule has 0 bridgehead atoms. The molecule has 0 fully saturated rings. The Kier molecular flexibility index (Phi) is 6.68. The second-order valence-electron chi connectivity index (χ2n) is 9.17. The fourth-order valence-electron chi connectivity index (χ4n) is 4.87. The molecule has 0 spiro atoms. The van der Waals surface area contributed by atoms with Gasteiger partial charge in [-0.15, -0.1) is 0 Å². The van der Waals surface area contributed by atoms with Gasteiger partial charge in [0, 0.05) is 49.9 Å². The molecule has 0 saturated carbocycles. The number of para-hydroxylation sites is 1. The fourth-order valence-corrected chi connectivity index (χ4v) is 4.87. The van der Waals surface area contributed by atoms with Crippen molar-refractivity contribution in [1.82, 2.24) is 25.1 Å². The normalized spacial score (nSPS) is 16.1. The van der Waals surface area contributed by atoms with E-state index in [1.54, 1.807) is 36.8 Å². The lowest BCUT2D eigenvalue weighted by atomic mass is 9.98. The molecule has 3 aromatic rings. The number of hydrogen-bond donors (Lipinski definition) is 2. The van der Waals surface area contributed by atoms with E-state index in [0.29, 0.717) is 30.7 Å². The third-order valence-corrected chi connectivity index (χ3v) is 6.81. The minimum Gasteiger partial charge on any atom is -0.507 e. The maximum absolute atomic E-state index is 13.0. The number of benzene rings is 1. The van der Waals surface area contributed by atoms with E-state index in [9.17, 15) is 19.5 Å². The number of amides is 3. The molecule has 0 unspecified atom stereocenters. The zero-order valence-corrected chi connectivity index (χ0v) is 20.4. The van der Waals surface area contributed by atoms with E-state index in [4.69, 9.17) is 0 Å². The van der Waals surface area contributed by atoms with Gasteiger partial charge >= 0.3 is 0 Å². The van der Waals surface area contributed by atoms with Gasteiger partial charge in [0.1, 0.15) is 11.4 Å². The summed E-state index contributed by atoms with van der Waals surface area (Å²) >= 11 is 0. The summed E-state index contributed by atoms with van der Waals surface area (Å²) in [4.78, 5) is 50.3. The molecule has 2 aromatic heterocycles. The van der Waals surface area contributed by atoms with Crippen LogP contribution in [0.1, 0.15) is 28.8 Å². The molecule has 9 heteroatoms. The first-order chi connectivity index (χ1) is 17.9. The predicted octanol–water partition coefficient (Wildman–Crippen LogP) is 2.54. The Balaban J connectivity index is 1.41. The van der Waals surface area contributed by atoms with Crippen LogP contribution >= 0.6 is 0 Å². The number of pyridine rings is 2. The maximum atomic E-state index is 13.0. The van der Waals surface area contributed by atoms with Crippen molar-refractivity contribution in [3.05, 3.63) is 89.5 Å². The zero-order chi connectivity index (χ0) is 25.9. The van der Waals surface area contributed by atoms with E-state index in [1.165, 1.54) is 13.1 Å². The van der Waals surface area contributed by atoms with Crippen LogP contribution in [0.5, 0.6) is 5.75 Å². The molecule has 4 heterocycles. The van der Waals surface area contributed by atoms with Crippen LogP contribution in [0.2, 0.25) is 0 Å². The molecule has 5 rings (SSSR count). The first kappa shape index (κ1) is 24.2. The summed E-state index contributed by atoms with van der Waals surface area (Å²) in [5.74, 6) is -1.09. The van der Waals surface area contributed by atoms with Gasteiger partial charge in [0.2, 0.25) is 0 Å². The lowest BCUT2D eigenvalue weighted by Gasteiger charge is -2.36. The van der Waals surface area contributed by atoms with Crippen LogP contribution in [0.3, 0.4) is 0 Å². The summed E-state index contributed by atoms with van der Waals surface area (Å²) in [6.07, 6.45) is 7.02. The molecule has 0 aliphatic carbocycles. The molecule has 2 N–H and O–H groups in total. The summed E-state index contributed by atoms with van der Waals surface area (Å²) in [7, 11) is 1.50. The lowest BCUT2D eigenvalue weighted by molar-refractivity contribution is -0.136. The number of carbonyl (C=O) groups is 3. The second-order valence-corrected chi connectivity index (χ2v) is 9.17. The summed E-state index contributed by atoms with van der Waals surface area (Å²) in [6.45, 7) is 0.795. The van der Waals surface area contributed by atoms with Crippen LogP contribution < -0.4 is 5.32 Å². The summed E-state index contributed by atoms with van der Waals surface area (Å²) in [5, 5.41) is 13.0. The molecule has 2 aliphatic rings. The highest BCUT2D eigenvalue weighted by atomic mass is 16.3. The standard InChI is InChI=1S/C28H27N5O4/c1-32-27(36)22-8-5-13-33(25(22)28(32)37)20(17-31-26(35)21-7-2-3-9-24(21)34)14-18-10-11-23(30-15-18)19-6-4-12-29-16-19/h2-4,6-7,9-12,15-16,20,34H,5,8,13-14,17H2,1H3,(H,31,35)/t20-/m1/s1. The largest absolute Gasteiger partial charge is 0.507 e. The predicted molar refractivity (Wildman–Crippen MR) is 136 cm³/mol. The SMILES string of the molecule is CN1C(=O)C2=C(C1=O)N([C@@H](CNC(=O)c1ccccc1O)Cc1ccc(-c3cccnc3)nc1)CCC2. The van der Waals surface area contributed by atoms with E-state index in [0.717, 1.165) is 28.1 Å². The minimum absolute atomic E-state index is 0.104. The highest BCUT2D eigenvalue weighted by Gasteiger charge is 2.42. The van der Waals surface area contributed by atoms with Gasteiger partial charge in [-0.3, -0.25) is 29.3 Å². The van der Waals surface area contributed by atoms with Gasteiger partial charge in [-0.1, -0.05) is 18.2 Å². The number of phenolic OH excluding ortho intramolecular Hbond substituents is 1. The first-order valence-electron chi connectivity index (χ1n) is 12.2. The molecule has 37 heavy (non-hydrogen) atoms. The van der Waals surface area contributed by atoms with Gasteiger partial charge in [-0.05, 0) is 55.2 Å². The van der Waals surface area contributed by atoms with Gasteiger partial charge < -0.3 is 15.3 Å². The number of hydrogen-bond acceptors (Lipinski definition) is 7. The minimum atomic E-state index is -0.412. The molecule has 1 aromatic carbocycles. The molecule has 0 saturated heterocycles. The highest BCUT2D eigenvalue weighted by Crippen LogP contribution is 2.32. The van der Waals surface area contributed by atoms with E-state index in [1.807, 2.05) is 29.2 Å². The van der Waals surface area contributed by atoms with Crippen LogP contribution in [-0.4, -0.2) is 68.8 Å². The van der Waals surface area contributed by atoms with Crippen LogP contribution in [-0.2, 0) is 16.0 Å². The number of nitrogens with zero attached hydrogens (tertiary/aromatic N) is 4. The molecule has 1 atom stereocenters. The van der Waals surface area contributed by atoms with Gasteiger partial charge in [0.15, 0.2) is 0 Å². The number of aromatic nitrogens is 2. The van der Waals surface area contributed by atoms with Crippen molar-refractivity contribution < 1.29 is 19.5 Å². The molecule has 188 valence electrons. The summed E-state index contributed by atoms with van der Waals surface area (Å²) in [6, 6.07) is 13.7. The number of imide groups is 1. The Bertz CT molecular complexity index is 1370. The summed E-state index contributed by atoms with van der Waals surface area (Å²) in [5.41, 5.74) is 3.75. The van der Waals surface area contributed by atoms with Crippen LogP contribution in [0.15, 0.2) is 78.4 Å². The third kappa shape index (κ3) is 4.80. The van der Waals surface area contributed by atoms with Crippen molar-refractivity contribution in [2.24, 2.45) is 0 Å². The van der Waals surface area contributed by atoms with Crippen molar-refractivity contribution in [2.45, 2.75) is 25.3 Å². The zero-order valence-electron chi connectivity index (χ0n) is 20.4. The molecule has 2 aliphatic heterocycles. The van der Waals surface area contributed by atoms with Crippen molar-refractivity contribution in [1.29, 1.82) is 0 Å². The molecular formula is C28H27N5O4. The highest BCUT2D eigenvalue weighted by molar-refractivity contribution is 6.19. The Morgan fingerprint density at radius 1 is 1.08 bits per heavy atom. The number of likely N-dealkylation sites (N-methyl/N-ethyl adjacent to an activating group) is 1. The maximum Gasteiger partial charge on any atom is 0.277 e. The average Bonchev–Trinajstić information content (AvgIpc) is 3.16. The fraction of sp³-hybridized carbons (Fsp3) is 0.250. The van der Waals surface area contributed by atoms with Crippen LogP contribution in [0, 0.1) is 0 Å². The van der Waals surface area contributed by atoms with E-state index in [-0.39, 0.29) is 35.7 Å². The van der Waals surface area contributed by atoms with Crippen molar-refractivity contribution >= 4 is 17.7 Å². The average molecular weight is 498 g/mol. The van der Waals surface area contributed by atoms with E-state index in [2.05, 4.69) is 15.3 Å². The third-order valence-electron chi connectivity index (χ3n) is 6.81. The van der Waals surface area contributed by atoms with Crippen molar-refractivity contribution in [3.8, 4) is 17.0 Å². The second kappa shape index (κ2) is 10.2. The number of rotatable bonds is 7. The Morgan fingerprint density at radius 3 is 2.65 bits per heavy atom. The number of aromatic hydroxyl groups is 1. The molecule has 3 amide bonds. The Morgan fingerprint density at radius 2 is 1.92 bits per heavy atom. The van der Waals surface area contributed by atoms with Crippen molar-refractivity contribution in [3.63, 3.8) is 0 Å². The Labute approximate surface area is 214 Å². The number of phenols is 1. The lowest BCUT2D eigenvalue weighted by Crippen LogP contribution is -2.48. The number of nitrogens with one attached hydrogen (secondary N) is 1. The summed E-state index contributed by atoms with van der Waals surface area (Å²) < 4.78 is 0. The Hall–Kier alpha value is -4.53. The van der Waals surface area contributed by atoms with Gasteiger partial charge in [-0.2, -0.15) is 0 Å². The van der Waals surface area contributed by atoms with E-state index >= 15 is 0 Å². The smallest absolute Gasteiger partial charge is 0.277 e. The molecular weight excluding hydrogens is 470 g/mol. The quantitative estimate of drug-likeness (QED) is 0.482. The first-order valence-corrected chi connectivity index (χ1v) is 12.2. The molecule has 0 radical (unpaired) electrons. The van der Waals surface area contributed by atoms with E-state index < -0.39 is 5.91 Å².